The SMILES string of the molecule is CS(=O)(=O)c1cccc(SCCCO)c1N. The first-order chi connectivity index (χ1) is 7.46. The molecule has 0 saturated carbocycles. The molecule has 3 N–H and O–H groups in total. The minimum absolute atomic E-state index is 0.124. The zero-order valence-corrected chi connectivity index (χ0v) is 10.6. The molecule has 90 valence electrons. The molecule has 0 radical (unpaired) electrons. The fraction of sp³-hybridized carbons (Fsp3) is 0.400. The van der Waals surface area contributed by atoms with Crippen LogP contribution in [0.1, 0.15) is 6.42 Å². The highest BCUT2D eigenvalue weighted by molar-refractivity contribution is 7.99. The second kappa shape index (κ2) is 5.56. The predicted octanol–water partition coefficient (Wildman–Crippen LogP) is 1.15. The number of aliphatic hydroxyl groups excluding tert-OH is 1. The van der Waals surface area contributed by atoms with Crippen molar-refractivity contribution in [3.63, 3.8) is 0 Å². The normalized spacial score (nSPS) is 11.6. The van der Waals surface area contributed by atoms with Gasteiger partial charge in [0, 0.05) is 23.5 Å². The van der Waals surface area contributed by atoms with Gasteiger partial charge in [0.25, 0.3) is 0 Å². The number of nitrogen functional groups attached to an aromatic ring is 1. The number of anilines is 1. The molecule has 1 rings (SSSR count). The van der Waals surface area contributed by atoms with Crippen LogP contribution in [0.5, 0.6) is 0 Å². The van der Waals surface area contributed by atoms with E-state index in [1.54, 1.807) is 12.1 Å². The van der Waals surface area contributed by atoms with Gasteiger partial charge in [-0.05, 0) is 18.6 Å². The van der Waals surface area contributed by atoms with Crippen molar-refractivity contribution in [1.29, 1.82) is 0 Å². The number of nitrogens with two attached hydrogens (primary N) is 1. The molecular formula is C10H15NO3S2. The number of hydrogen-bond acceptors (Lipinski definition) is 5. The lowest BCUT2D eigenvalue weighted by Gasteiger charge is -2.08. The molecule has 0 spiro atoms. The summed E-state index contributed by atoms with van der Waals surface area (Å²) in [6.45, 7) is 0.124. The van der Waals surface area contributed by atoms with Crippen molar-refractivity contribution in [3.05, 3.63) is 18.2 Å². The zero-order chi connectivity index (χ0) is 12.2. The smallest absolute Gasteiger partial charge is 0.177 e. The van der Waals surface area contributed by atoms with Crippen LogP contribution >= 0.6 is 11.8 Å². The summed E-state index contributed by atoms with van der Waals surface area (Å²) in [5, 5.41) is 8.66. The van der Waals surface area contributed by atoms with Gasteiger partial charge in [-0.15, -0.1) is 11.8 Å². The molecule has 0 unspecified atom stereocenters. The lowest BCUT2D eigenvalue weighted by molar-refractivity contribution is 0.296. The lowest BCUT2D eigenvalue weighted by atomic mass is 10.3. The van der Waals surface area contributed by atoms with Crippen LogP contribution in [0.15, 0.2) is 28.0 Å². The van der Waals surface area contributed by atoms with Crippen molar-refractivity contribution in [2.24, 2.45) is 0 Å². The molecule has 6 heteroatoms. The van der Waals surface area contributed by atoms with E-state index >= 15 is 0 Å². The van der Waals surface area contributed by atoms with Crippen LogP contribution in [0.25, 0.3) is 0 Å². The van der Waals surface area contributed by atoms with Gasteiger partial charge in [0.2, 0.25) is 0 Å². The van der Waals surface area contributed by atoms with E-state index in [2.05, 4.69) is 0 Å². The second-order valence-corrected chi connectivity index (χ2v) is 6.49. The summed E-state index contributed by atoms with van der Waals surface area (Å²) in [4.78, 5) is 0.915. The maximum Gasteiger partial charge on any atom is 0.177 e. The fourth-order valence-electron chi connectivity index (χ4n) is 1.22. The van der Waals surface area contributed by atoms with E-state index in [1.807, 2.05) is 0 Å². The Labute approximate surface area is 99.8 Å². The highest BCUT2D eigenvalue weighted by Gasteiger charge is 2.13. The largest absolute Gasteiger partial charge is 0.397 e. The third-order valence-corrected chi connectivity index (χ3v) is 4.30. The summed E-state index contributed by atoms with van der Waals surface area (Å²) < 4.78 is 22.8. The molecule has 0 aliphatic heterocycles. The Morgan fingerprint density at radius 3 is 2.69 bits per heavy atom. The van der Waals surface area contributed by atoms with Crippen molar-refractivity contribution in [1.82, 2.24) is 0 Å². The Morgan fingerprint density at radius 1 is 1.44 bits per heavy atom. The zero-order valence-electron chi connectivity index (χ0n) is 9.01. The quantitative estimate of drug-likeness (QED) is 0.472. The number of sulfone groups is 1. The van der Waals surface area contributed by atoms with Crippen LogP contribution in [-0.2, 0) is 9.84 Å². The van der Waals surface area contributed by atoms with Crippen LogP contribution in [0, 0.1) is 0 Å². The highest BCUT2D eigenvalue weighted by atomic mass is 32.2. The standard InChI is InChI=1S/C10H15NO3S2/c1-16(13,14)9-5-2-4-8(10(9)11)15-7-3-6-12/h2,4-5,12H,3,6-7,11H2,1H3. The third kappa shape index (κ3) is 3.40. The second-order valence-electron chi connectivity index (χ2n) is 3.37. The van der Waals surface area contributed by atoms with Crippen LogP contribution < -0.4 is 5.73 Å². The molecule has 0 aromatic heterocycles. The minimum Gasteiger partial charge on any atom is -0.397 e. The molecule has 0 aliphatic carbocycles. The Kier molecular flexibility index (Phi) is 4.64. The van der Waals surface area contributed by atoms with E-state index in [-0.39, 0.29) is 11.5 Å². The van der Waals surface area contributed by atoms with Crippen molar-refractivity contribution >= 4 is 27.3 Å². The number of hydrogen-bond donors (Lipinski definition) is 2. The van der Waals surface area contributed by atoms with Gasteiger partial charge in [0.1, 0.15) is 0 Å². The summed E-state index contributed by atoms with van der Waals surface area (Å²) in [5.74, 6) is 0.716. The van der Waals surface area contributed by atoms with Gasteiger partial charge < -0.3 is 10.8 Å². The van der Waals surface area contributed by atoms with Gasteiger partial charge in [-0.2, -0.15) is 0 Å². The average molecular weight is 261 g/mol. The maximum atomic E-state index is 11.4. The van der Waals surface area contributed by atoms with E-state index in [4.69, 9.17) is 10.8 Å². The van der Waals surface area contributed by atoms with Gasteiger partial charge in [-0.1, -0.05) is 6.07 Å². The number of aliphatic hydroxyl groups is 1. The van der Waals surface area contributed by atoms with Gasteiger partial charge in [0.05, 0.1) is 10.6 Å². The predicted molar refractivity (Wildman–Crippen MR) is 66.4 cm³/mol. The molecule has 0 amide bonds. The minimum atomic E-state index is -3.27. The molecule has 0 fully saturated rings. The Hall–Kier alpha value is -0.720. The third-order valence-electron chi connectivity index (χ3n) is 1.99. The van der Waals surface area contributed by atoms with Crippen LogP contribution in [0.3, 0.4) is 0 Å². The highest BCUT2D eigenvalue weighted by Crippen LogP contribution is 2.30. The number of para-hydroxylation sites is 1. The maximum absolute atomic E-state index is 11.4. The summed E-state index contributed by atoms with van der Waals surface area (Å²) in [7, 11) is -3.27. The first-order valence-corrected chi connectivity index (χ1v) is 7.66. The molecule has 1 aromatic carbocycles. The number of benzene rings is 1. The van der Waals surface area contributed by atoms with E-state index < -0.39 is 9.84 Å². The summed E-state index contributed by atoms with van der Waals surface area (Å²) >= 11 is 1.45. The topological polar surface area (TPSA) is 80.4 Å². The van der Waals surface area contributed by atoms with Crippen LogP contribution in [0.4, 0.5) is 5.69 Å². The van der Waals surface area contributed by atoms with Crippen molar-refractivity contribution in [2.75, 3.05) is 24.3 Å². The molecule has 0 saturated heterocycles. The Balaban J connectivity index is 2.96. The van der Waals surface area contributed by atoms with Gasteiger partial charge >= 0.3 is 0 Å². The molecule has 0 bridgehead atoms. The Morgan fingerprint density at radius 2 is 2.12 bits per heavy atom. The van der Waals surface area contributed by atoms with E-state index in [0.717, 1.165) is 11.2 Å². The average Bonchev–Trinajstić information content (AvgIpc) is 2.19. The van der Waals surface area contributed by atoms with Gasteiger partial charge in [-0.3, -0.25) is 0 Å². The molecule has 4 nitrogen and oxygen atoms in total. The van der Waals surface area contributed by atoms with E-state index in [9.17, 15) is 8.42 Å². The summed E-state index contributed by atoms with van der Waals surface area (Å²) in [6.07, 6.45) is 1.80. The van der Waals surface area contributed by atoms with Gasteiger partial charge in [0.15, 0.2) is 9.84 Å². The van der Waals surface area contributed by atoms with Crippen LogP contribution in [-0.4, -0.2) is 32.1 Å². The summed E-state index contributed by atoms with van der Waals surface area (Å²) in [5.41, 5.74) is 6.09. The van der Waals surface area contributed by atoms with E-state index in [1.165, 1.54) is 17.8 Å². The number of rotatable bonds is 5. The molecule has 0 atom stereocenters. The van der Waals surface area contributed by atoms with Crippen LogP contribution in [0.2, 0.25) is 0 Å². The van der Waals surface area contributed by atoms with Crippen molar-refractivity contribution < 1.29 is 13.5 Å². The monoisotopic (exact) mass is 261 g/mol. The molecule has 0 aliphatic rings. The van der Waals surface area contributed by atoms with Gasteiger partial charge in [-0.25, -0.2) is 8.42 Å². The van der Waals surface area contributed by atoms with Crippen molar-refractivity contribution in [2.45, 2.75) is 16.2 Å². The number of thioether (sulfide) groups is 1. The molecular weight excluding hydrogens is 246 g/mol. The first kappa shape index (κ1) is 13.3. The Bertz CT molecular complexity index is 457. The fourth-order valence-corrected chi connectivity index (χ4v) is 3.05. The van der Waals surface area contributed by atoms with E-state index in [0.29, 0.717) is 17.9 Å². The lowest BCUT2D eigenvalue weighted by Crippen LogP contribution is -2.03. The molecule has 16 heavy (non-hydrogen) atoms. The molecule has 0 heterocycles. The summed E-state index contributed by atoms with van der Waals surface area (Å²) in [6, 6.07) is 4.96. The molecule has 1 aromatic rings. The van der Waals surface area contributed by atoms with Crippen molar-refractivity contribution in [3.8, 4) is 0 Å². The first-order valence-electron chi connectivity index (χ1n) is 4.79.